The molecule has 1 saturated carbocycles. The predicted molar refractivity (Wildman–Crippen MR) is 66.9 cm³/mol. The van der Waals surface area contributed by atoms with E-state index in [0.29, 0.717) is 12.5 Å². The lowest BCUT2D eigenvalue weighted by molar-refractivity contribution is -0.137. The maximum atomic E-state index is 12.5. The lowest BCUT2D eigenvalue weighted by Gasteiger charge is -2.26. The van der Waals surface area contributed by atoms with Crippen LogP contribution in [0.3, 0.4) is 0 Å². The van der Waals surface area contributed by atoms with Crippen LogP contribution in [0.1, 0.15) is 31.2 Å². The molecule has 1 aliphatic rings. The molecule has 0 atom stereocenters. The minimum Gasteiger partial charge on any atom is -0.493 e. The Bertz CT molecular complexity index is 411. The predicted octanol–water partition coefficient (Wildman–Crippen LogP) is 3.60. The lowest BCUT2D eigenvalue weighted by atomic mass is 9.87. The molecule has 0 amide bonds. The summed E-state index contributed by atoms with van der Waals surface area (Å²) in [6.07, 6.45) is -0.412. The van der Waals surface area contributed by atoms with Gasteiger partial charge < -0.3 is 10.5 Å². The average Bonchev–Trinajstić information content (AvgIpc) is 2.37. The molecule has 2 rings (SSSR count). The highest BCUT2D eigenvalue weighted by molar-refractivity contribution is 5.30. The largest absolute Gasteiger partial charge is 0.493 e. The minimum absolute atomic E-state index is 0.268. The normalized spacial score (nSPS) is 24.2. The summed E-state index contributed by atoms with van der Waals surface area (Å²) < 4.78 is 43.1. The van der Waals surface area contributed by atoms with Crippen molar-refractivity contribution in [1.82, 2.24) is 0 Å². The monoisotopic (exact) mass is 273 g/mol. The summed E-state index contributed by atoms with van der Waals surface area (Å²) in [7, 11) is 0. The molecule has 2 N–H and O–H groups in total. The summed E-state index contributed by atoms with van der Waals surface area (Å²) in [5.74, 6) is 0.680. The summed E-state index contributed by atoms with van der Waals surface area (Å²) in [5.41, 5.74) is 5.14. The van der Waals surface area contributed by atoms with E-state index in [9.17, 15) is 13.2 Å². The van der Waals surface area contributed by atoms with Gasteiger partial charge in [0.2, 0.25) is 0 Å². The van der Waals surface area contributed by atoms with Crippen LogP contribution in [0, 0.1) is 5.92 Å². The first-order valence-electron chi connectivity index (χ1n) is 6.51. The molecule has 0 aromatic heterocycles. The quantitative estimate of drug-likeness (QED) is 0.913. The molecule has 0 saturated heterocycles. The first-order chi connectivity index (χ1) is 8.95. The zero-order chi connectivity index (χ0) is 13.9. The zero-order valence-electron chi connectivity index (χ0n) is 10.6. The van der Waals surface area contributed by atoms with Crippen LogP contribution in [0.2, 0.25) is 0 Å². The number of rotatable bonds is 3. The van der Waals surface area contributed by atoms with E-state index >= 15 is 0 Å². The number of hydrogen-bond acceptors (Lipinski definition) is 2. The Hall–Kier alpha value is -1.23. The Kier molecular flexibility index (Phi) is 4.34. The summed E-state index contributed by atoms with van der Waals surface area (Å²) >= 11 is 0. The van der Waals surface area contributed by atoms with Crippen LogP contribution in [-0.2, 0) is 6.18 Å². The van der Waals surface area contributed by atoms with E-state index in [-0.39, 0.29) is 11.8 Å². The zero-order valence-corrected chi connectivity index (χ0v) is 10.6. The average molecular weight is 273 g/mol. The minimum atomic E-state index is -4.32. The third-order valence-corrected chi connectivity index (χ3v) is 3.54. The smallest absolute Gasteiger partial charge is 0.416 e. The Balaban J connectivity index is 1.89. The van der Waals surface area contributed by atoms with Crippen LogP contribution in [0.15, 0.2) is 24.3 Å². The fourth-order valence-corrected chi connectivity index (χ4v) is 2.33. The molecule has 19 heavy (non-hydrogen) atoms. The van der Waals surface area contributed by atoms with E-state index in [0.717, 1.165) is 37.8 Å². The molecule has 1 aromatic carbocycles. The van der Waals surface area contributed by atoms with Crippen molar-refractivity contribution in [2.75, 3.05) is 6.61 Å². The Morgan fingerprint density at radius 2 is 1.84 bits per heavy atom. The first kappa shape index (κ1) is 14.2. The number of halogens is 3. The van der Waals surface area contributed by atoms with Crippen molar-refractivity contribution in [3.8, 4) is 5.75 Å². The molecule has 0 radical (unpaired) electrons. The van der Waals surface area contributed by atoms with Gasteiger partial charge in [-0.3, -0.25) is 0 Å². The summed E-state index contributed by atoms with van der Waals surface area (Å²) in [6, 6.07) is 5.30. The van der Waals surface area contributed by atoms with Gasteiger partial charge in [0.25, 0.3) is 0 Å². The molecule has 0 bridgehead atoms. The molecule has 0 aliphatic heterocycles. The molecule has 1 fully saturated rings. The van der Waals surface area contributed by atoms with Gasteiger partial charge in [-0.1, -0.05) is 6.07 Å². The maximum Gasteiger partial charge on any atom is 0.416 e. The molecule has 1 aliphatic carbocycles. The van der Waals surface area contributed by atoms with Crippen LogP contribution >= 0.6 is 0 Å². The topological polar surface area (TPSA) is 35.2 Å². The van der Waals surface area contributed by atoms with Crippen LogP contribution in [0.5, 0.6) is 5.75 Å². The molecule has 106 valence electrons. The molecule has 0 unspecified atom stereocenters. The maximum absolute atomic E-state index is 12.5. The van der Waals surface area contributed by atoms with Crippen molar-refractivity contribution in [2.45, 2.75) is 37.9 Å². The standard InChI is InChI=1S/C14H18F3NO/c15-14(16,17)11-2-1-3-13(8-11)19-9-10-4-6-12(18)7-5-10/h1-3,8,10,12H,4-7,9,18H2. The van der Waals surface area contributed by atoms with Gasteiger partial charge in [0, 0.05) is 6.04 Å². The van der Waals surface area contributed by atoms with E-state index in [1.807, 2.05) is 0 Å². The third-order valence-electron chi connectivity index (χ3n) is 3.54. The van der Waals surface area contributed by atoms with Gasteiger partial charge in [0.1, 0.15) is 5.75 Å². The van der Waals surface area contributed by atoms with E-state index < -0.39 is 11.7 Å². The summed E-state index contributed by atoms with van der Waals surface area (Å²) in [4.78, 5) is 0. The van der Waals surface area contributed by atoms with E-state index in [2.05, 4.69) is 0 Å². The molecular formula is C14H18F3NO. The Labute approximate surface area is 110 Å². The van der Waals surface area contributed by atoms with Crippen molar-refractivity contribution in [2.24, 2.45) is 11.7 Å². The van der Waals surface area contributed by atoms with Crippen molar-refractivity contribution >= 4 is 0 Å². The molecule has 1 aromatic rings. The fraction of sp³-hybridized carbons (Fsp3) is 0.571. The number of benzene rings is 1. The van der Waals surface area contributed by atoms with Gasteiger partial charge >= 0.3 is 6.18 Å². The fourth-order valence-electron chi connectivity index (χ4n) is 2.33. The highest BCUT2D eigenvalue weighted by Gasteiger charge is 2.30. The SMILES string of the molecule is NC1CCC(COc2cccc(C(F)(F)F)c2)CC1. The van der Waals surface area contributed by atoms with Gasteiger partial charge in [0.05, 0.1) is 12.2 Å². The summed E-state index contributed by atoms with van der Waals surface area (Å²) in [6.45, 7) is 0.466. The number of nitrogens with two attached hydrogens (primary N) is 1. The van der Waals surface area contributed by atoms with Crippen molar-refractivity contribution < 1.29 is 17.9 Å². The highest BCUT2D eigenvalue weighted by atomic mass is 19.4. The second kappa shape index (κ2) is 5.82. The van der Waals surface area contributed by atoms with Gasteiger partial charge in [-0.25, -0.2) is 0 Å². The van der Waals surface area contributed by atoms with Crippen molar-refractivity contribution in [3.05, 3.63) is 29.8 Å². The van der Waals surface area contributed by atoms with Gasteiger partial charge in [-0.2, -0.15) is 13.2 Å². The lowest BCUT2D eigenvalue weighted by Crippen LogP contribution is -2.28. The highest BCUT2D eigenvalue weighted by Crippen LogP contribution is 2.31. The van der Waals surface area contributed by atoms with Crippen LogP contribution in [-0.4, -0.2) is 12.6 Å². The first-order valence-corrected chi connectivity index (χ1v) is 6.51. The van der Waals surface area contributed by atoms with Gasteiger partial charge in [-0.05, 0) is 49.8 Å². The second-order valence-electron chi connectivity index (χ2n) is 5.12. The van der Waals surface area contributed by atoms with E-state index in [1.54, 1.807) is 6.07 Å². The molecular weight excluding hydrogens is 255 g/mol. The van der Waals surface area contributed by atoms with E-state index in [1.165, 1.54) is 6.07 Å². The number of ether oxygens (including phenoxy) is 1. The molecule has 0 heterocycles. The number of alkyl halides is 3. The van der Waals surface area contributed by atoms with Crippen LogP contribution in [0.4, 0.5) is 13.2 Å². The molecule has 0 spiro atoms. The van der Waals surface area contributed by atoms with Gasteiger partial charge in [0.15, 0.2) is 0 Å². The Morgan fingerprint density at radius 1 is 1.16 bits per heavy atom. The van der Waals surface area contributed by atoms with Gasteiger partial charge in [-0.15, -0.1) is 0 Å². The molecule has 5 heteroatoms. The van der Waals surface area contributed by atoms with Crippen LogP contribution in [0.25, 0.3) is 0 Å². The molecule has 2 nitrogen and oxygen atoms in total. The van der Waals surface area contributed by atoms with Crippen LogP contribution < -0.4 is 10.5 Å². The Morgan fingerprint density at radius 3 is 2.47 bits per heavy atom. The van der Waals surface area contributed by atoms with E-state index in [4.69, 9.17) is 10.5 Å². The summed E-state index contributed by atoms with van der Waals surface area (Å²) in [5, 5.41) is 0. The van der Waals surface area contributed by atoms with Crippen molar-refractivity contribution in [1.29, 1.82) is 0 Å². The number of hydrogen-bond donors (Lipinski definition) is 1. The second-order valence-corrected chi connectivity index (χ2v) is 5.12. The third kappa shape index (κ3) is 4.13. The van der Waals surface area contributed by atoms with Crippen molar-refractivity contribution in [3.63, 3.8) is 0 Å².